The van der Waals surface area contributed by atoms with E-state index in [0.717, 1.165) is 32.5 Å². The Balaban J connectivity index is 2.00. The molecule has 0 bridgehead atoms. The summed E-state index contributed by atoms with van der Waals surface area (Å²) in [7, 11) is -1.18. The molecule has 8 heteroatoms. The van der Waals surface area contributed by atoms with Crippen molar-refractivity contribution in [3.63, 3.8) is 0 Å². The van der Waals surface area contributed by atoms with E-state index in [0.29, 0.717) is 17.7 Å². The molecule has 1 aromatic heterocycles. The van der Waals surface area contributed by atoms with Crippen LogP contribution in [0.15, 0.2) is 0 Å². The first-order chi connectivity index (χ1) is 9.41. The van der Waals surface area contributed by atoms with Gasteiger partial charge in [-0.2, -0.15) is 4.98 Å². The molecule has 20 heavy (non-hydrogen) atoms. The topological polar surface area (TPSA) is 91.0 Å². The number of aromatic nitrogens is 3. The smallest absolute Gasteiger partial charge is 0.244 e. The summed E-state index contributed by atoms with van der Waals surface area (Å²) in [4.78, 5) is 6.45. The standard InChI is InChI=1S/C12H23N5O2S/c1-9(20(3,18)19)11-14-12(16-15-11)17-6-4-10(5-7-17)8-13-2/h9-10,13H,4-8H2,1-3H3,(H,14,15,16). The molecule has 7 nitrogen and oxygen atoms in total. The van der Waals surface area contributed by atoms with Gasteiger partial charge in [-0.15, -0.1) is 5.10 Å². The summed E-state index contributed by atoms with van der Waals surface area (Å²) in [6, 6.07) is 0. The van der Waals surface area contributed by atoms with E-state index in [1.165, 1.54) is 6.26 Å². The van der Waals surface area contributed by atoms with Crippen LogP contribution in [-0.2, 0) is 9.84 Å². The number of hydrogen-bond donors (Lipinski definition) is 2. The Kier molecular flexibility index (Phi) is 4.64. The quantitative estimate of drug-likeness (QED) is 0.815. The van der Waals surface area contributed by atoms with Crippen LogP contribution < -0.4 is 10.2 Å². The van der Waals surface area contributed by atoms with E-state index in [9.17, 15) is 8.42 Å². The third kappa shape index (κ3) is 3.49. The number of sulfone groups is 1. The lowest BCUT2D eigenvalue weighted by atomic mass is 9.97. The second-order valence-electron chi connectivity index (χ2n) is 5.48. The van der Waals surface area contributed by atoms with Crippen molar-refractivity contribution < 1.29 is 8.42 Å². The van der Waals surface area contributed by atoms with Crippen molar-refractivity contribution in [2.45, 2.75) is 25.0 Å². The second kappa shape index (κ2) is 6.09. The van der Waals surface area contributed by atoms with Gasteiger partial charge >= 0.3 is 0 Å². The van der Waals surface area contributed by atoms with E-state index in [1.807, 2.05) is 7.05 Å². The SMILES string of the molecule is CNCC1CCN(c2n[nH]c(C(C)S(C)(=O)=O)n2)CC1. The summed E-state index contributed by atoms with van der Waals surface area (Å²) < 4.78 is 23.0. The van der Waals surface area contributed by atoms with Crippen LogP contribution in [0.3, 0.4) is 0 Å². The first-order valence-corrected chi connectivity index (χ1v) is 8.88. The molecule has 0 spiro atoms. The Morgan fingerprint density at radius 2 is 2.10 bits per heavy atom. The van der Waals surface area contributed by atoms with E-state index < -0.39 is 15.1 Å². The predicted octanol–water partition coefficient (Wildman–Crippen LogP) is 0.346. The summed E-state index contributed by atoms with van der Waals surface area (Å²) in [6.45, 7) is 4.49. The largest absolute Gasteiger partial charge is 0.340 e. The number of aromatic amines is 1. The number of hydrogen-bond acceptors (Lipinski definition) is 6. The maximum absolute atomic E-state index is 11.5. The predicted molar refractivity (Wildman–Crippen MR) is 78.5 cm³/mol. The van der Waals surface area contributed by atoms with Gasteiger partial charge in [-0.3, -0.25) is 5.10 Å². The van der Waals surface area contributed by atoms with Crippen molar-refractivity contribution in [2.75, 3.05) is 37.8 Å². The Bertz CT molecular complexity index is 534. The molecule has 1 aliphatic rings. The maximum atomic E-state index is 11.5. The Hall–Kier alpha value is -1.15. The average Bonchev–Trinajstić information content (AvgIpc) is 2.87. The molecule has 0 radical (unpaired) electrons. The van der Waals surface area contributed by atoms with Gasteiger partial charge in [0, 0.05) is 19.3 Å². The summed E-state index contributed by atoms with van der Waals surface area (Å²) in [5, 5.41) is 9.46. The monoisotopic (exact) mass is 301 g/mol. The highest BCUT2D eigenvalue weighted by Crippen LogP contribution is 2.23. The second-order valence-corrected chi connectivity index (χ2v) is 7.85. The molecule has 1 saturated heterocycles. The van der Waals surface area contributed by atoms with Crippen LogP contribution in [0.4, 0.5) is 5.95 Å². The van der Waals surface area contributed by atoms with Gasteiger partial charge < -0.3 is 10.2 Å². The molecule has 2 heterocycles. The first kappa shape index (κ1) is 15.2. The Labute approximate surface area is 120 Å². The van der Waals surface area contributed by atoms with Gasteiger partial charge in [0.15, 0.2) is 9.84 Å². The van der Waals surface area contributed by atoms with Crippen LogP contribution in [-0.4, -0.2) is 56.5 Å². The van der Waals surface area contributed by atoms with Crippen LogP contribution in [0.1, 0.15) is 30.8 Å². The molecule has 114 valence electrons. The molecule has 1 unspecified atom stereocenters. The summed E-state index contributed by atoms with van der Waals surface area (Å²) >= 11 is 0. The van der Waals surface area contributed by atoms with Gasteiger partial charge in [0.2, 0.25) is 5.95 Å². The number of rotatable bonds is 5. The summed E-state index contributed by atoms with van der Waals surface area (Å²) in [5.74, 6) is 1.72. The van der Waals surface area contributed by atoms with E-state index in [2.05, 4.69) is 25.4 Å². The number of piperidine rings is 1. The zero-order valence-corrected chi connectivity index (χ0v) is 13.1. The van der Waals surface area contributed by atoms with Crippen molar-refractivity contribution >= 4 is 15.8 Å². The van der Waals surface area contributed by atoms with Crippen molar-refractivity contribution in [2.24, 2.45) is 5.92 Å². The minimum Gasteiger partial charge on any atom is -0.340 e. The fourth-order valence-corrected chi connectivity index (χ4v) is 2.93. The number of nitrogens with one attached hydrogen (secondary N) is 2. The van der Waals surface area contributed by atoms with Gasteiger partial charge in [-0.25, -0.2) is 8.42 Å². The lowest BCUT2D eigenvalue weighted by Crippen LogP contribution is -2.37. The Morgan fingerprint density at radius 3 is 2.65 bits per heavy atom. The van der Waals surface area contributed by atoms with Gasteiger partial charge in [0.05, 0.1) is 0 Å². The van der Waals surface area contributed by atoms with Crippen LogP contribution in [0.25, 0.3) is 0 Å². The number of nitrogens with zero attached hydrogens (tertiary/aromatic N) is 3. The number of anilines is 1. The summed E-state index contributed by atoms with van der Waals surface area (Å²) in [5.41, 5.74) is 0. The van der Waals surface area contributed by atoms with E-state index in [4.69, 9.17) is 0 Å². The zero-order chi connectivity index (χ0) is 14.8. The molecule has 1 aromatic rings. The molecule has 1 fully saturated rings. The number of H-pyrrole nitrogens is 1. The fraction of sp³-hybridized carbons (Fsp3) is 0.833. The van der Waals surface area contributed by atoms with E-state index in [-0.39, 0.29) is 0 Å². The molecule has 0 amide bonds. The van der Waals surface area contributed by atoms with Crippen LogP contribution in [0, 0.1) is 5.92 Å². The van der Waals surface area contributed by atoms with Gasteiger partial charge in [-0.05, 0) is 39.3 Å². The third-order valence-electron chi connectivity index (χ3n) is 3.91. The lowest BCUT2D eigenvalue weighted by molar-refractivity contribution is 0.391. The highest BCUT2D eigenvalue weighted by molar-refractivity contribution is 7.90. The molecule has 0 aromatic carbocycles. The van der Waals surface area contributed by atoms with Crippen molar-refractivity contribution in [3.05, 3.63) is 5.82 Å². The van der Waals surface area contributed by atoms with Crippen molar-refractivity contribution in [1.29, 1.82) is 0 Å². The molecule has 2 rings (SSSR count). The minimum absolute atomic E-state index is 0.417. The van der Waals surface area contributed by atoms with Crippen molar-refractivity contribution in [3.8, 4) is 0 Å². The molecule has 1 aliphatic heterocycles. The van der Waals surface area contributed by atoms with E-state index >= 15 is 0 Å². The summed E-state index contributed by atoms with van der Waals surface area (Å²) in [6.07, 6.45) is 3.42. The fourth-order valence-electron chi connectivity index (χ4n) is 2.42. The van der Waals surface area contributed by atoms with E-state index in [1.54, 1.807) is 6.92 Å². The normalized spacial score (nSPS) is 19.2. The minimum atomic E-state index is -3.15. The third-order valence-corrected chi connectivity index (χ3v) is 5.42. The van der Waals surface area contributed by atoms with Crippen molar-refractivity contribution in [1.82, 2.24) is 20.5 Å². The van der Waals surface area contributed by atoms with Crippen LogP contribution in [0.5, 0.6) is 0 Å². The first-order valence-electron chi connectivity index (χ1n) is 6.92. The molecule has 0 aliphatic carbocycles. The van der Waals surface area contributed by atoms with Crippen LogP contribution >= 0.6 is 0 Å². The van der Waals surface area contributed by atoms with Gasteiger partial charge in [-0.1, -0.05) is 0 Å². The van der Waals surface area contributed by atoms with Crippen LogP contribution in [0.2, 0.25) is 0 Å². The highest BCUT2D eigenvalue weighted by Gasteiger charge is 2.25. The van der Waals surface area contributed by atoms with Gasteiger partial charge in [0.1, 0.15) is 11.1 Å². The Morgan fingerprint density at radius 1 is 1.45 bits per heavy atom. The molecule has 1 atom stereocenters. The molecular formula is C12H23N5O2S. The highest BCUT2D eigenvalue weighted by atomic mass is 32.2. The molecule has 2 N–H and O–H groups in total. The molecular weight excluding hydrogens is 278 g/mol. The zero-order valence-electron chi connectivity index (χ0n) is 12.3. The van der Waals surface area contributed by atoms with Gasteiger partial charge in [0.25, 0.3) is 0 Å². The molecule has 0 saturated carbocycles. The average molecular weight is 301 g/mol. The lowest BCUT2D eigenvalue weighted by Gasteiger charge is -2.31. The maximum Gasteiger partial charge on any atom is 0.244 e.